The molecule has 0 fully saturated rings. The topological polar surface area (TPSA) is 104 Å². The Labute approximate surface area is 158 Å². The standard InChI is InChI=1S/C21H15N3O4/c1-28-11-8-6-10(7-9-11)14-15-17(12-4-2-3-5-13(12)18(15)25)22-19-16(14)20(26)24-21(27)23-19/h2-9,14H,1H3,(H3,22,23,24,26,27). The fraction of sp³-hybridized carbons (Fsp3) is 0.0952. The second-order valence-electron chi connectivity index (χ2n) is 6.69. The molecule has 3 N–H and O–H groups in total. The average molecular weight is 373 g/mol. The van der Waals surface area contributed by atoms with E-state index in [0.717, 1.165) is 11.1 Å². The Bertz CT molecular complexity index is 1280. The van der Waals surface area contributed by atoms with E-state index in [1.54, 1.807) is 31.4 Å². The lowest BCUT2D eigenvalue weighted by Crippen LogP contribution is -2.33. The molecule has 1 unspecified atom stereocenters. The smallest absolute Gasteiger partial charge is 0.327 e. The molecule has 0 saturated heterocycles. The lowest BCUT2D eigenvalue weighted by atomic mass is 9.81. The lowest BCUT2D eigenvalue weighted by Gasteiger charge is -2.27. The number of anilines is 1. The van der Waals surface area contributed by atoms with Crippen LogP contribution in [0.3, 0.4) is 0 Å². The van der Waals surface area contributed by atoms with Crippen LogP contribution in [-0.2, 0) is 0 Å². The Kier molecular flexibility index (Phi) is 3.39. The number of carbonyl (C=O) groups is 1. The molecule has 2 aromatic carbocycles. The number of H-pyrrole nitrogens is 2. The molecular weight excluding hydrogens is 358 g/mol. The molecule has 3 aromatic rings. The lowest BCUT2D eigenvalue weighted by molar-refractivity contribution is 0.103. The minimum Gasteiger partial charge on any atom is -0.497 e. The molecule has 5 rings (SSSR count). The maximum atomic E-state index is 13.2. The van der Waals surface area contributed by atoms with E-state index in [2.05, 4.69) is 15.3 Å². The molecule has 7 nitrogen and oxygen atoms in total. The van der Waals surface area contributed by atoms with Crippen LogP contribution < -0.4 is 21.3 Å². The molecule has 1 atom stereocenters. The molecule has 2 heterocycles. The van der Waals surface area contributed by atoms with Gasteiger partial charge >= 0.3 is 5.69 Å². The Hall–Kier alpha value is -3.87. The Morgan fingerprint density at radius 1 is 0.893 bits per heavy atom. The van der Waals surface area contributed by atoms with Crippen LogP contribution >= 0.6 is 0 Å². The Balaban J connectivity index is 1.81. The zero-order valence-corrected chi connectivity index (χ0v) is 14.8. The number of allylic oxidation sites excluding steroid dienone is 1. The van der Waals surface area contributed by atoms with Gasteiger partial charge in [0, 0.05) is 22.6 Å². The van der Waals surface area contributed by atoms with E-state index >= 15 is 0 Å². The highest BCUT2D eigenvalue weighted by Crippen LogP contribution is 2.47. The number of hydrogen-bond acceptors (Lipinski definition) is 5. The van der Waals surface area contributed by atoms with Crippen molar-refractivity contribution in [3.05, 3.63) is 97.2 Å². The van der Waals surface area contributed by atoms with Gasteiger partial charge in [-0.25, -0.2) is 4.79 Å². The third-order valence-corrected chi connectivity index (χ3v) is 5.21. The van der Waals surface area contributed by atoms with Crippen LogP contribution in [0.5, 0.6) is 5.75 Å². The van der Waals surface area contributed by atoms with Gasteiger partial charge < -0.3 is 10.1 Å². The molecule has 0 amide bonds. The Morgan fingerprint density at radius 3 is 2.32 bits per heavy atom. The zero-order chi connectivity index (χ0) is 19.4. The van der Waals surface area contributed by atoms with Crippen molar-refractivity contribution in [2.45, 2.75) is 5.92 Å². The van der Waals surface area contributed by atoms with Gasteiger partial charge in [0.25, 0.3) is 5.56 Å². The van der Waals surface area contributed by atoms with Gasteiger partial charge in [0.15, 0.2) is 5.78 Å². The highest BCUT2D eigenvalue weighted by atomic mass is 16.5. The number of hydrogen-bond donors (Lipinski definition) is 3. The maximum absolute atomic E-state index is 13.2. The van der Waals surface area contributed by atoms with Crippen LogP contribution in [0.4, 0.5) is 5.82 Å². The summed E-state index contributed by atoms with van der Waals surface area (Å²) in [4.78, 5) is 42.7. The third-order valence-electron chi connectivity index (χ3n) is 5.21. The fourth-order valence-electron chi connectivity index (χ4n) is 3.98. The fourth-order valence-corrected chi connectivity index (χ4v) is 3.98. The highest BCUT2D eigenvalue weighted by molar-refractivity contribution is 6.23. The number of aromatic amines is 2. The number of carbonyl (C=O) groups excluding carboxylic acids is 1. The van der Waals surface area contributed by atoms with Gasteiger partial charge in [-0.15, -0.1) is 0 Å². The van der Waals surface area contributed by atoms with Crippen molar-refractivity contribution < 1.29 is 9.53 Å². The number of aromatic nitrogens is 2. The second-order valence-corrected chi connectivity index (χ2v) is 6.69. The summed E-state index contributed by atoms with van der Waals surface area (Å²) in [7, 11) is 1.57. The molecule has 2 aliphatic rings. The minimum atomic E-state index is -0.613. The maximum Gasteiger partial charge on any atom is 0.327 e. The van der Waals surface area contributed by atoms with Gasteiger partial charge in [-0.05, 0) is 17.7 Å². The van der Waals surface area contributed by atoms with Crippen molar-refractivity contribution in [3.8, 4) is 5.75 Å². The van der Waals surface area contributed by atoms with Gasteiger partial charge in [-0.1, -0.05) is 36.4 Å². The third kappa shape index (κ3) is 2.19. The molecule has 0 spiro atoms. The molecule has 1 aliphatic heterocycles. The van der Waals surface area contributed by atoms with E-state index in [1.165, 1.54) is 0 Å². The first-order valence-electron chi connectivity index (χ1n) is 8.74. The highest BCUT2D eigenvalue weighted by Gasteiger charge is 2.41. The summed E-state index contributed by atoms with van der Waals surface area (Å²) < 4.78 is 5.22. The number of benzene rings is 2. The van der Waals surface area contributed by atoms with E-state index in [-0.39, 0.29) is 5.78 Å². The zero-order valence-electron chi connectivity index (χ0n) is 14.8. The molecule has 0 bridgehead atoms. The van der Waals surface area contributed by atoms with Crippen LogP contribution in [0.2, 0.25) is 0 Å². The first-order chi connectivity index (χ1) is 13.6. The number of methoxy groups -OCH3 is 1. The van der Waals surface area contributed by atoms with Gasteiger partial charge in [0.2, 0.25) is 0 Å². The van der Waals surface area contributed by atoms with E-state index < -0.39 is 17.2 Å². The predicted octanol–water partition coefficient (Wildman–Crippen LogP) is 2.24. The van der Waals surface area contributed by atoms with Crippen LogP contribution in [0.25, 0.3) is 5.70 Å². The van der Waals surface area contributed by atoms with Gasteiger partial charge in [-0.2, -0.15) is 0 Å². The average Bonchev–Trinajstić information content (AvgIpc) is 2.99. The van der Waals surface area contributed by atoms with Crippen molar-refractivity contribution in [1.29, 1.82) is 0 Å². The van der Waals surface area contributed by atoms with E-state index in [0.29, 0.717) is 34.0 Å². The monoisotopic (exact) mass is 373 g/mol. The van der Waals surface area contributed by atoms with Crippen molar-refractivity contribution in [3.63, 3.8) is 0 Å². The normalized spacial score (nSPS) is 16.9. The molecule has 138 valence electrons. The van der Waals surface area contributed by atoms with E-state index in [1.807, 2.05) is 24.3 Å². The molecular formula is C21H15N3O4. The summed E-state index contributed by atoms with van der Waals surface area (Å²) in [6.45, 7) is 0. The van der Waals surface area contributed by atoms with Crippen LogP contribution in [0.1, 0.15) is 33.0 Å². The van der Waals surface area contributed by atoms with Crippen molar-refractivity contribution in [1.82, 2.24) is 9.97 Å². The molecule has 1 aromatic heterocycles. The summed E-state index contributed by atoms with van der Waals surface area (Å²) in [6, 6.07) is 14.5. The van der Waals surface area contributed by atoms with E-state index in [4.69, 9.17) is 4.74 Å². The van der Waals surface area contributed by atoms with Gasteiger partial charge in [0.05, 0.1) is 18.4 Å². The van der Waals surface area contributed by atoms with Crippen LogP contribution in [-0.4, -0.2) is 22.9 Å². The summed E-state index contributed by atoms with van der Waals surface area (Å²) >= 11 is 0. The summed E-state index contributed by atoms with van der Waals surface area (Å²) in [5.74, 6) is 0.231. The van der Waals surface area contributed by atoms with Crippen LogP contribution in [0.15, 0.2) is 63.7 Å². The van der Waals surface area contributed by atoms with Crippen molar-refractivity contribution in [2.24, 2.45) is 0 Å². The van der Waals surface area contributed by atoms with Crippen molar-refractivity contribution in [2.75, 3.05) is 12.4 Å². The van der Waals surface area contributed by atoms with Crippen molar-refractivity contribution >= 4 is 17.3 Å². The number of ketones is 1. The number of rotatable bonds is 2. The SMILES string of the molecule is COc1ccc(C2C3=C(Nc4[nH]c(=O)[nH]c(=O)c42)c2ccccc2C3=O)cc1. The van der Waals surface area contributed by atoms with Crippen LogP contribution in [0, 0.1) is 0 Å². The molecule has 0 saturated carbocycles. The number of nitrogens with one attached hydrogen (secondary N) is 3. The number of ether oxygens (including phenoxy) is 1. The summed E-state index contributed by atoms with van der Waals surface area (Å²) in [5.41, 5.74) is 2.39. The molecule has 1 aliphatic carbocycles. The summed E-state index contributed by atoms with van der Waals surface area (Å²) in [6.07, 6.45) is 0. The Morgan fingerprint density at radius 2 is 1.61 bits per heavy atom. The second kappa shape index (κ2) is 5.82. The molecule has 28 heavy (non-hydrogen) atoms. The van der Waals surface area contributed by atoms with Gasteiger partial charge in [-0.3, -0.25) is 19.6 Å². The summed E-state index contributed by atoms with van der Waals surface area (Å²) in [5, 5.41) is 3.11. The first-order valence-corrected chi connectivity index (χ1v) is 8.74. The molecule has 0 radical (unpaired) electrons. The predicted molar refractivity (Wildman–Crippen MR) is 104 cm³/mol. The quantitative estimate of drug-likeness (QED) is 0.639. The number of Topliss-reactive ketones (excluding diaryl/α,β-unsaturated/α-hetero) is 1. The number of fused-ring (bicyclic) bond motifs is 3. The molecule has 7 heteroatoms. The first kappa shape index (κ1) is 16.3. The van der Waals surface area contributed by atoms with E-state index in [9.17, 15) is 14.4 Å². The van der Waals surface area contributed by atoms with Gasteiger partial charge in [0.1, 0.15) is 11.6 Å². The minimum absolute atomic E-state index is 0.129. The largest absolute Gasteiger partial charge is 0.497 e.